The van der Waals surface area contributed by atoms with Gasteiger partial charge in [-0.1, -0.05) is 29.8 Å². The third-order valence-electron chi connectivity index (χ3n) is 4.11. The topological polar surface area (TPSA) is 59.6 Å². The normalized spacial score (nSPS) is 14.3. The van der Waals surface area contributed by atoms with Crippen molar-refractivity contribution in [2.24, 2.45) is 0 Å². The zero-order valence-electron chi connectivity index (χ0n) is 14.7. The highest BCUT2D eigenvalue weighted by molar-refractivity contribution is 5.84. The van der Waals surface area contributed by atoms with Crippen LogP contribution in [-0.4, -0.2) is 25.2 Å². The zero-order valence-corrected chi connectivity index (χ0v) is 14.7. The molecule has 1 aliphatic rings. The first-order chi connectivity index (χ1) is 12.1. The van der Waals surface area contributed by atoms with Crippen molar-refractivity contribution in [2.75, 3.05) is 18.5 Å². The van der Waals surface area contributed by atoms with Crippen LogP contribution in [-0.2, 0) is 11.3 Å². The van der Waals surface area contributed by atoms with Crippen LogP contribution in [0.15, 0.2) is 42.5 Å². The number of nitrogens with one attached hydrogen (secondary N) is 2. The van der Waals surface area contributed by atoms with Crippen LogP contribution < -0.4 is 20.1 Å². The van der Waals surface area contributed by atoms with Gasteiger partial charge in [-0.05, 0) is 31.5 Å². The van der Waals surface area contributed by atoms with Crippen molar-refractivity contribution in [3.05, 3.63) is 53.6 Å². The summed E-state index contributed by atoms with van der Waals surface area (Å²) in [7, 11) is 0. The van der Waals surface area contributed by atoms with Gasteiger partial charge < -0.3 is 20.1 Å². The second-order valence-electron chi connectivity index (χ2n) is 6.28. The number of fused-ring (bicyclic) bond motifs is 1. The monoisotopic (exact) mass is 340 g/mol. The number of hydrogen-bond donors (Lipinski definition) is 2. The van der Waals surface area contributed by atoms with Crippen molar-refractivity contribution in [2.45, 2.75) is 32.9 Å². The second-order valence-corrected chi connectivity index (χ2v) is 6.28. The first kappa shape index (κ1) is 17.1. The highest BCUT2D eigenvalue weighted by atomic mass is 16.5. The van der Waals surface area contributed by atoms with Crippen LogP contribution in [0.5, 0.6) is 11.5 Å². The van der Waals surface area contributed by atoms with Gasteiger partial charge in [0.15, 0.2) is 11.5 Å². The molecule has 2 aromatic carbocycles. The summed E-state index contributed by atoms with van der Waals surface area (Å²) in [5.41, 5.74) is 3.13. The van der Waals surface area contributed by atoms with Crippen LogP contribution in [0.4, 0.5) is 5.69 Å². The number of carbonyl (C=O) groups is 1. The maximum absolute atomic E-state index is 12.3. The molecule has 132 valence electrons. The van der Waals surface area contributed by atoms with Gasteiger partial charge in [0.1, 0.15) is 6.04 Å². The van der Waals surface area contributed by atoms with Gasteiger partial charge in [-0.15, -0.1) is 0 Å². The second kappa shape index (κ2) is 7.92. The highest BCUT2D eigenvalue weighted by Gasteiger charge is 2.15. The molecule has 0 aromatic heterocycles. The fourth-order valence-corrected chi connectivity index (χ4v) is 2.62. The molecule has 25 heavy (non-hydrogen) atoms. The van der Waals surface area contributed by atoms with Gasteiger partial charge in [0.05, 0.1) is 13.2 Å². The molecule has 5 nitrogen and oxygen atoms in total. The standard InChI is InChI=1S/C20H24N2O3/c1-14-4-6-16(7-5-14)13-21-20(23)15(2)22-17-8-9-18-19(12-17)25-11-3-10-24-18/h4-9,12,15,22H,3,10-11,13H2,1-2H3,(H,21,23). The van der Waals surface area contributed by atoms with Crippen molar-refractivity contribution in [3.8, 4) is 11.5 Å². The molecule has 2 N–H and O–H groups in total. The van der Waals surface area contributed by atoms with E-state index >= 15 is 0 Å². The Kier molecular flexibility index (Phi) is 5.43. The number of carbonyl (C=O) groups excluding carboxylic acids is 1. The summed E-state index contributed by atoms with van der Waals surface area (Å²) in [5.74, 6) is 1.42. The lowest BCUT2D eigenvalue weighted by molar-refractivity contribution is -0.121. The summed E-state index contributed by atoms with van der Waals surface area (Å²) in [4.78, 5) is 12.3. The van der Waals surface area contributed by atoms with E-state index in [9.17, 15) is 4.79 Å². The predicted octanol–water partition coefficient (Wildman–Crippen LogP) is 3.27. The van der Waals surface area contributed by atoms with E-state index in [0.717, 1.165) is 29.2 Å². The van der Waals surface area contributed by atoms with Gasteiger partial charge in [-0.3, -0.25) is 4.79 Å². The molecule has 0 aliphatic carbocycles. The number of rotatable bonds is 5. The van der Waals surface area contributed by atoms with E-state index in [4.69, 9.17) is 9.47 Å². The molecule has 3 rings (SSSR count). The largest absolute Gasteiger partial charge is 0.490 e. The lowest BCUT2D eigenvalue weighted by atomic mass is 10.1. The van der Waals surface area contributed by atoms with Crippen molar-refractivity contribution in [1.29, 1.82) is 0 Å². The average molecular weight is 340 g/mol. The Morgan fingerprint density at radius 1 is 1.08 bits per heavy atom. The summed E-state index contributed by atoms with van der Waals surface area (Å²) in [5, 5.41) is 6.16. The Morgan fingerprint density at radius 3 is 2.56 bits per heavy atom. The maximum Gasteiger partial charge on any atom is 0.242 e. The zero-order chi connectivity index (χ0) is 17.6. The molecule has 0 radical (unpaired) electrons. The van der Waals surface area contributed by atoms with Gasteiger partial charge >= 0.3 is 0 Å². The minimum Gasteiger partial charge on any atom is -0.490 e. The molecule has 2 aromatic rings. The van der Waals surface area contributed by atoms with Crippen LogP contribution in [0.3, 0.4) is 0 Å². The quantitative estimate of drug-likeness (QED) is 0.877. The summed E-state index contributed by atoms with van der Waals surface area (Å²) >= 11 is 0. The molecule has 0 saturated heterocycles. The smallest absolute Gasteiger partial charge is 0.242 e. The van der Waals surface area contributed by atoms with Crippen LogP contribution in [0.2, 0.25) is 0 Å². The van der Waals surface area contributed by atoms with E-state index in [0.29, 0.717) is 19.8 Å². The van der Waals surface area contributed by atoms with E-state index in [-0.39, 0.29) is 11.9 Å². The lowest BCUT2D eigenvalue weighted by Gasteiger charge is -2.17. The van der Waals surface area contributed by atoms with Crippen LogP contribution in [0, 0.1) is 6.92 Å². The first-order valence-corrected chi connectivity index (χ1v) is 8.61. The van der Waals surface area contributed by atoms with Crippen LogP contribution >= 0.6 is 0 Å². The summed E-state index contributed by atoms with van der Waals surface area (Å²) in [6.07, 6.45) is 0.870. The molecule has 0 bridgehead atoms. The number of aryl methyl sites for hydroxylation is 1. The van der Waals surface area contributed by atoms with Gasteiger partial charge in [0, 0.05) is 24.7 Å². The Hall–Kier alpha value is -2.69. The fraction of sp³-hybridized carbons (Fsp3) is 0.350. The summed E-state index contributed by atoms with van der Waals surface area (Å²) in [6.45, 7) is 5.71. The molecule has 1 aliphatic heterocycles. The molecule has 1 unspecified atom stereocenters. The number of anilines is 1. The maximum atomic E-state index is 12.3. The Bertz CT molecular complexity index is 728. The average Bonchev–Trinajstić information content (AvgIpc) is 2.86. The van der Waals surface area contributed by atoms with Gasteiger partial charge in [0.2, 0.25) is 5.91 Å². The third-order valence-corrected chi connectivity index (χ3v) is 4.11. The number of hydrogen-bond acceptors (Lipinski definition) is 4. The first-order valence-electron chi connectivity index (χ1n) is 8.61. The molecule has 0 fully saturated rings. The van der Waals surface area contributed by atoms with E-state index < -0.39 is 0 Å². The van der Waals surface area contributed by atoms with Gasteiger partial charge in [0.25, 0.3) is 0 Å². The minimum atomic E-state index is -0.352. The summed E-state index contributed by atoms with van der Waals surface area (Å²) < 4.78 is 11.3. The molecule has 0 saturated carbocycles. The molecule has 1 atom stereocenters. The van der Waals surface area contributed by atoms with Crippen LogP contribution in [0.25, 0.3) is 0 Å². The van der Waals surface area contributed by atoms with Crippen molar-refractivity contribution >= 4 is 11.6 Å². The molecule has 1 amide bonds. The Labute approximate surface area is 148 Å². The van der Waals surface area contributed by atoms with Crippen molar-refractivity contribution in [1.82, 2.24) is 5.32 Å². The van der Waals surface area contributed by atoms with E-state index in [1.54, 1.807) is 0 Å². The predicted molar refractivity (Wildman–Crippen MR) is 98.2 cm³/mol. The number of ether oxygens (including phenoxy) is 2. The highest BCUT2D eigenvalue weighted by Crippen LogP contribution is 2.32. The van der Waals surface area contributed by atoms with Crippen LogP contribution in [0.1, 0.15) is 24.5 Å². The lowest BCUT2D eigenvalue weighted by Crippen LogP contribution is -2.37. The van der Waals surface area contributed by atoms with E-state index in [1.807, 2.05) is 56.3 Å². The van der Waals surface area contributed by atoms with E-state index in [2.05, 4.69) is 10.6 Å². The Morgan fingerprint density at radius 2 is 1.80 bits per heavy atom. The minimum absolute atomic E-state index is 0.0484. The number of amides is 1. The van der Waals surface area contributed by atoms with Crippen molar-refractivity contribution in [3.63, 3.8) is 0 Å². The fourth-order valence-electron chi connectivity index (χ4n) is 2.62. The molecular weight excluding hydrogens is 316 g/mol. The van der Waals surface area contributed by atoms with Gasteiger partial charge in [-0.25, -0.2) is 0 Å². The molecule has 1 heterocycles. The number of benzene rings is 2. The molecule has 5 heteroatoms. The van der Waals surface area contributed by atoms with E-state index in [1.165, 1.54) is 5.56 Å². The summed E-state index contributed by atoms with van der Waals surface area (Å²) in [6, 6.07) is 13.4. The van der Waals surface area contributed by atoms with Gasteiger partial charge in [-0.2, -0.15) is 0 Å². The SMILES string of the molecule is Cc1ccc(CNC(=O)C(C)Nc2ccc3c(c2)OCCCO3)cc1. The van der Waals surface area contributed by atoms with Crippen molar-refractivity contribution < 1.29 is 14.3 Å². The Balaban J connectivity index is 1.56. The molecular formula is C20H24N2O3. The molecule has 0 spiro atoms. The third kappa shape index (κ3) is 4.66.